The number of hydrogen-bond acceptors (Lipinski definition) is 1. The summed E-state index contributed by atoms with van der Waals surface area (Å²) in [6.45, 7) is 13.0. The van der Waals surface area contributed by atoms with Crippen LogP contribution in [0.1, 0.15) is 70.9 Å². The van der Waals surface area contributed by atoms with Gasteiger partial charge in [-0.15, -0.1) is 0 Å². The number of hydrogen-bond donors (Lipinski definition) is 1. The van der Waals surface area contributed by atoms with E-state index in [1.807, 2.05) is 0 Å². The Kier molecular flexibility index (Phi) is 3.68. The Morgan fingerprint density at radius 3 is 2.29 bits per heavy atom. The quantitative estimate of drug-likeness (QED) is 0.810. The van der Waals surface area contributed by atoms with Crippen molar-refractivity contribution < 1.29 is 0 Å². The summed E-state index contributed by atoms with van der Waals surface area (Å²) < 4.78 is 0. The Balaban J connectivity index is 1.64. The fourth-order valence-corrected chi connectivity index (χ4v) is 4.77. The van der Waals surface area contributed by atoms with Crippen LogP contribution < -0.4 is 5.32 Å². The molecule has 1 heteroatoms. The van der Waals surface area contributed by atoms with Gasteiger partial charge in [0.2, 0.25) is 0 Å². The molecule has 0 amide bonds. The molecule has 2 aliphatic carbocycles. The van der Waals surface area contributed by atoms with Gasteiger partial charge in [-0.05, 0) is 53.1 Å². The van der Waals surface area contributed by atoms with Crippen molar-refractivity contribution in [1.82, 2.24) is 5.32 Å². The van der Waals surface area contributed by atoms with Crippen molar-refractivity contribution in [2.24, 2.45) is 16.7 Å². The average molecular weight is 285 g/mol. The smallest absolute Gasteiger partial charge is 0.0208 e. The average Bonchev–Trinajstić information content (AvgIpc) is 2.78. The molecule has 0 aliphatic heterocycles. The molecule has 3 rings (SSSR count). The first-order valence-electron chi connectivity index (χ1n) is 8.67. The van der Waals surface area contributed by atoms with Crippen molar-refractivity contribution in [2.45, 2.75) is 72.4 Å². The van der Waals surface area contributed by atoms with Crippen molar-refractivity contribution >= 4 is 0 Å². The topological polar surface area (TPSA) is 12.0 Å². The van der Waals surface area contributed by atoms with Crippen LogP contribution in [0.15, 0.2) is 24.3 Å². The van der Waals surface area contributed by atoms with E-state index in [-0.39, 0.29) is 0 Å². The molecule has 1 aromatic rings. The molecule has 1 N–H and O–H groups in total. The summed E-state index contributed by atoms with van der Waals surface area (Å²) in [4.78, 5) is 0. The van der Waals surface area contributed by atoms with Gasteiger partial charge in [-0.3, -0.25) is 0 Å². The molecule has 2 fully saturated rings. The third-order valence-electron chi connectivity index (χ3n) is 6.99. The zero-order chi connectivity index (χ0) is 15.3. The molecule has 116 valence electrons. The first-order valence-corrected chi connectivity index (χ1v) is 8.67. The minimum absolute atomic E-state index is 0.482. The van der Waals surface area contributed by atoms with Crippen molar-refractivity contribution in [3.8, 4) is 0 Å². The molecule has 1 nitrogen and oxygen atoms in total. The Morgan fingerprint density at radius 1 is 1.14 bits per heavy atom. The van der Waals surface area contributed by atoms with E-state index in [1.54, 1.807) is 0 Å². The minimum atomic E-state index is 0.482. The highest BCUT2D eigenvalue weighted by Gasteiger charge is 2.60. The predicted octanol–water partition coefficient (Wildman–Crippen LogP) is 5.11. The molecule has 3 atom stereocenters. The lowest BCUT2D eigenvalue weighted by Gasteiger charge is -2.39. The highest BCUT2D eigenvalue weighted by Crippen LogP contribution is 2.65. The summed E-state index contributed by atoms with van der Waals surface area (Å²) in [5, 5.41) is 3.87. The molecule has 0 saturated heterocycles. The van der Waals surface area contributed by atoms with Gasteiger partial charge in [0.05, 0.1) is 0 Å². The molecule has 2 aliphatic rings. The molecule has 2 saturated carbocycles. The van der Waals surface area contributed by atoms with Crippen LogP contribution in [0.3, 0.4) is 0 Å². The summed E-state index contributed by atoms with van der Waals surface area (Å²) >= 11 is 0. The van der Waals surface area contributed by atoms with Crippen LogP contribution in [-0.2, 0) is 6.54 Å². The summed E-state index contributed by atoms with van der Waals surface area (Å²) in [6, 6.07) is 9.85. The molecule has 0 heterocycles. The zero-order valence-electron chi connectivity index (χ0n) is 14.4. The molecule has 0 spiro atoms. The lowest BCUT2D eigenvalue weighted by Crippen LogP contribution is -2.44. The largest absolute Gasteiger partial charge is 0.309 e. The van der Waals surface area contributed by atoms with Crippen LogP contribution in [0.4, 0.5) is 0 Å². The number of rotatable bonds is 4. The van der Waals surface area contributed by atoms with Crippen molar-refractivity contribution in [3.63, 3.8) is 0 Å². The Bertz CT molecular complexity index is 499. The van der Waals surface area contributed by atoms with E-state index in [1.165, 1.54) is 30.4 Å². The van der Waals surface area contributed by atoms with Crippen LogP contribution in [0, 0.1) is 16.7 Å². The highest BCUT2D eigenvalue weighted by molar-refractivity contribution is 5.25. The standard InChI is InChI=1S/C20H31N/c1-14(2)16-8-6-15(7-9-16)13-21-18-12-17-10-11-20(18,5)19(17,3)4/h6-9,14,17-18,21H,10-13H2,1-5H3. The van der Waals surface area contributed by atoms with Gasteiger partial charge in [0.25, 0.3) is 0 Å². The molecule has 0 radical (unpaired) electrons. The maximum Gasteiger partial charge on any atom is 0.0208 e. The fourth-order valence-electron chi connectivity index (χ4n) is 4.77. The number of fused-ring (bicyclic) bond motifs is 2. The zero-order valence-corrected chi connectivity index (χ0v) is 14.4. The van der Waals surface area contributed by atoms with E-state index in [4.69, 9.17) is 0 Å². The lowest BCUT2D eigenvalue weighted by molar-refractivity contribution is 0.120. The van der Waals surface area contributed by atoms with E-state index >= 15 is 0 Å². The predicted molar refractivity (Wildman–Crippen MR) is 90.4 cm³/mol. The van der Waals surface area contributed by atoms with Crippen molar-refractivity contribution in [3.05, 3.63) is 35.4 Å². The maximum atomic E-state index is 3.87. The monoisotopic (exact) mass is 285 g/mol. The van der Waals surface area contributed by atoms with Gasteiger partial charge in [-0.1, -0.05) is 58.9 Å². The SMILES string of the molecule is CC(C)c1ccc(CNC2CC3CCC2(C)C3(C)C)cc1. The maximum absolute atomic E-state index is 3.87. The molecule has 2 bridgehead atoms. The Labute approximate surface area is 130 Å². The summed E-state index contributed by atoms with van der Waals surface area (Å²) in [6.07, 6.45) is 4.20. The van der Waals surface area contributed by atoms with Gasteiger partial charge in [0.1, 0.15) is 0 Å². The number of nitrogens with one attached hydrogen (secondary N) is 1. The Morgan fingerprint density at radius 2 is 1.81 bits per heavy atom. The third-order valence-corrected chi connectivity index (χ3v) is 6.99. The molecular formula is C20H31N. The lowest BCUT2D eigenvalue weighted by atomic mass is 9.69. The first-order chi connectivity index (χ1) is 9.84. The summed E-state index contributed by atoms with van der Waals surface area (Å²) in [5.74, 6) is 1.54. The van der Waals surface area contributed by atoms with Crippen LogP contribution in [0.5, 0.6) is 0 Å². The van der Waals surface area contributed by atoms with Gasteiger partial charge in [0, 0.05) is 12.6 Å². The number of benzene rings is 1. The summed E-state index contributed by atoms with van der Waals surface area (Å²) in [7, 11) is 0. The van der Waals surface area contributed by atoms with Crippen LogP contribution in [0.25, 0.3) is 0 Å². The second-order valence-corrected chi connectivity index (χ2v) is 8.44. The second-order valence-electron chi connectivity index (χ2n) is 8.44. The molecule has 0 aromatic heterocycles. The molecular weight excluding hydrogens is 254 g/mol. The van der Waals surface area contributed by atoms with Gasteiger partial charge < -0.3 is 5.32 Å². The van der Waals surface area contributed by atoms with Crippen LogP contribution in [0.2, 0.25) is 0 Å². The highest BCUT2D eigenvalue weighted by atomic mass is 15.0. The summed E-state index contributed by atoms with van der Waals surface area (Å²) in [5.41, 5.74) is 3.84. The van der Waals surface area contributed by atoms with Crippen LogP contribution >= 0.6 is 0 Å². The normalized spacial score (nSPS) is 33.8. The fraction of sp³-hybridized carbons (Fsp3) is 0.700. The van der Waals surface area contributed by atoms with E-state index in [2.05, 4.69) is 64.2 Å². The van der Waals surface area contributed by atoms with Gasteiger partial charge in [0.15, 0.2) is 0 Å². The van der Waals surface area contributed by atoms with E-state index < -0.39 is 0 Å². The molecule has 3 unspecified atom stereocenters. The van der Waals surface area contributed by atoms with Crippen molar-refractivity contribution in [2.75, 3.05) is 0 Å². The third kappa shape index (κ3) is 2.34. The van der Waals surface area contributed by atoms with E-state index in [0.29, 0.717) is 22.8 Å². The van der Waals surface area contributed by atoms with Gasteiger partial charge >= 0.3 is 0 Å². The van der Waals surface area contributed by atoms with E-state index in [9.17, 15) is 0 Å². The first kappa shape index (κ1) is 15.1. The van der Waals surface area contributed by atoms with Crippen LogP contribution in [-0.4, -0.2) is 6.04 Å². The van der Waals surface area contributed by atoms with Gasteiger partial charge in [-0.25, -0.2) is 0 Å². The molecule has 1 aromatic carbocycles. The minimum Gasteiger partial charge on any atom is -0.309 e. The Hall–Kier alpha value is -0.820. The second kappa shape index (κ2) is 5.12. The van der Waals surface area contributed by atoms with Crippen molar-refractivity contribution in [1.29, 1.82) is 0 Å². The molecule has 21 heavy (non-hydrogen) atoms. The van der Waals surface area contributed by atoms with E-state index in [0.717, 1.165) is 12.5 Å². The van der Waals surface area contributed by atoms with Gasteiger partial charge in [-0.2, -0.15) is 0 Å².